The van der Waals surface area contributed by atoms with Crippen molar-refractivity contribution in [3.05, 3.63) is 64.3 Å². The Labute approximate surface area is 139 Å². The lowest BCUT2D eigenvalue weighted by atomic mass is 10.2. The Morgan fingerprint density at radius 1 is 1.04 bits per heavy atom. The summed E-state index contributed by atoms with van der Waals surface area (Å²) in [7, 11) is 1.66. The van der Waals surface area contributed by atoms with Gasteiger partial charge in [0.15, 0.2) is 0 Å². The van der Waals surface area contributed by atoms with Gasteiger partial charge in [-0.25, -0.2) is 4.39 Å². The highest BCUT2D eigenvalue weighted by Crippen LogP contribution is 2.17. The smallest absolute Gasteiger partial charge is 0.254 e. The van der Waals surface area contributed by atoms with E-state index in [0.29, 0.717) is 25.2 Å². The van der Waals surface area contributed by atoms with E-state index in [0.717, 1.165) is 18.7 Å². The molecular weight excluding hydrogens is 309 g/mol. The molecule has 0 N–H and O–H groups in total. The number of carbonyl (C=O) groups is 1. The summed E-state index contributed by atoms with van der Waals surface area (Å²) in [6.07, 6.45) is 2.44. The van der Waals surface area contributed by atoms with E-state index in [1.807, 2.05) is 0 Å². The van der Waals surface area contributed by atoms with Crippen molar-refractivity contribution in [1.82, 2.24) is 9.47 Å². The van der Waals surface area contributed by atoms with Crippen LogP contribution in [0.25, 0.3) is 0 Å². The second-order valence-corrected chi connectivity index (χ2v) is 5.97. The van der Waals surface area contributed by atoms with Crippen molar-refractivity contribution in [1.29, 1.82) is 0 Å². The van der Waals surface area contributed by atoms with Crippen molar-refractivity contribution in [3.8, 4) is 0 Å². The van der Waals surface area contributed by atoms with Gasteiger partial charge in [0, 0.05) is 56.7 Å². The molecule has 1 aliphatic heterocycles. The summed E-state index contributed by atoms with van der Waals surface area (Å²) in [5, 5.41) is 0. The van der Waals surface area contributed by atoms with Crippen LogP contribution >= 0.6 is 0 Å². The molecule has 0 atom stereocenters. The second-order valence-electron chi connectivity index (χ2n) is 5.97. The van der Waals surface area contributed by atoms with E-state index >= 15 is 0 Å². The molecule has 0 bridgehead atoms. The summed E-state index contributed by atoms with van der Waals surface area (Å²) in [6, 6.07) is 9.46. The second kappa shape index (κ2) is 6.86. The van der Waals surface area contributed by atoms with Gasteiger partial charge in [0.25, 0.3) is 11.5 Å². The molecule has 3 rings (SSSR count). The average Bonchev–Trinajstić information content (AvgIpc) is 2.83. The fourth-order valence-electron chi connectivity index (χ4n) is 2.89. The van der Waals surface area contributed by atoms with Crippen LogP contribution in [0.5, 0.6) is 0 Å². The first kappa shape index (κ1) is 16.2. The van der Waals surface area contributed by atoms with Crippen molar-refractivity contribution in [2.24, 2.45) is 7.05 Å². The molecule has 1 amide bonds. The van der Waals surface area contributed by atoms with Crippen molar-refractivity contribution < 1.29 is 9.18 Å². The number of aromatic nitrogens is 1. The third-order valence-electron chi connectivity index (χ3n) is 4.33. The largest absolute Gasteiger partial charge is 0.370 e. The van der Waals surface area contributed by atoms with Gasteiger partial charge in [0.1, 0.15) is 5.82 Å². The van der Waals surface area contributed by atoms with Crippen LogP contribution in [-0.2, 0) is 7.05 Å². The summed E-state index contributed by atoms with van der Waals surface area (Å²) in [5.41, 5.74) is 1.19. The van der Waals surface area contributed by atoms with Gasteiger partial charge < -0.3 is 14.4 Å². The van der Waals surface area contributed by atoms with Gasteiger partial charge in [-0.2, -0.15) is 0 Å². The number of rotatable bonds is 2. The molecule has 0 aliphatic carbocycles. The highest BCUT2D eigenvalue weighted by Gasteiger charge is 2.21. The van der Waals surface area contributed by atoms with Gasteiger partial charge in [-0.15, -0.1) is 0 Å². The minimum atomic E-state index is -0.254. The van der Waals surface area contributed by atoms with Crippen molar-refractivity contribution in [3.63, 3.8) is 0 Å². The van der Waals surface area contributed by atoms with Crippen LogP contribution in [0.4, 0.5) is 10.1 Å². The molecule has 0 spiro atoms. The molecule has 5 nitrogen and oxygen atoms in total. The third kappa shape index (κ3) is 3.48. The van der Waals surface area contributed by atoms with Gasteiger partial charge in [0.05, 0.1) is 0 Å². The minimum Gasteiger partial charge on any atom is -0.370 e. The van der Waals surface area contributed by atoms with Crippen LogP contribution in [0.3, 0.4) is 0 Å². The predicted molar refractivity (Wildman–Crippen MR) is 90.8 cm³/mol. The number of amides is 1. The van der Waals surface area contributed by atoms with E-state index in [-0.39, 0.29) is 17.3 Å². The molecular formula is C18H20FN3O2. The quantitative estimate of drug-likeness (QED) is 0.845. The van der Waals surface area contributed by atoms with E-state index in [1.54, 1.807) is 36.3 Å². The molecule has 1 saturated heterocycles. The molecule has 0 radical (unpaired) electrons. The SMILES string of the molecule is Cn1ccc(C(=O)N2CCCN(c3ccc(F)cc3)CC2)cc1=O. The summed E-state index contributed by atoms with van der Waals surface area (Å²) < 4.78 is 14.5. The van der Waals surface area contributed by atoms with E-state index in [9.17, 15) is 14.0 Å². The van der Waals surface area contributed by atoms with Crippen LogP contribution in [0, 0.1) is 5.82 Å². The van der Waals surface area contributed by atoms with Crippen LogP contribution in [0.1, 0.15) is 16.8 Å². The topological polar surface area (TPSA) is 45.6 Å². The number of anilines is 1. The van der Waals surface area contributed by atoms with Crippen molar-refractivity contribution >= 4 is 11.6 Å². The Morgan fingerprint density at radius 2 is 1.79 bits per heavy atom. The number of benzene rings is 1. The van der Waals surface area contributed by atoms with E-state index in [2.05, 4.69) is 4.90 Å². The van der Waals surface area contributed by atoms with Gasteiger partial charge >= 0.3 is 0 Å². The first-order valence-corrected chi connectivity index (χ1v) is 8.01. The normalized spacial score (nSPS) is 15.2. The fourth-order valence-corrected chi connectivity index (χ4v) is 2.89. The summed E-state index contributed by atoms with van der Waals surface area (Å²) in [6.45, 7) is 2.71. The number of aryl methyl sites for hydroxylation is 1. The molecule has 24 heavy (non-hydrogen) atoms. The monoisotopic (exact) mass is 329 g/mol. The number of hydrogen-bond acceptors (Lipinski definition) is 3. The summed E-state index contributed by atoms with van der Waals surface area (Å²) in [4.78, 5) is 28.3. The Morgan fingerprint density at radius 3 is 2.50 bits per heavy atom. The molecule has 1 fully saturated rings. The van der Waals surface area contributed by atoms with E-state index in [1.165, 1.54) is 22.8 Å². The zero-order valence-electron chi connectivity index (χ0n) is 13.6. The molecule has 0 saturated carbocycles. The van der Waals surface area contributed by atoms with Crippen molar-refractivity contribution in [2.45, 2.75) is 6.42 Å². The first-order valence-electron chi connectivity index (χ1n) is 8.01. The third-order valence-corrected chi connectivity index (χ3v) is 4.33. The molecule has 1 aromatic heterocycles. The highest BCUT2D eigenvalue weighted by atomic mass is 19.1. The number of hydrogen-bond donors (Lipinski definition) is 0. The Hall–Kier alpha value is -2.63. The average molecular weight is 329 g/mol. The van der Waals surface area contributed by atoms with Crippen LogP contribution in [-0.4, -0.2) is 41.6 Å². The van der Waals surface area contributed by atoms with Crippen LogP contribution in [0.2, 0.25) is 0 Å². The fraction of sp³-hybridized carbons (Fsp3) is 0.333. The lowest BCUT2D eigenvalue weighted by molar-refractivity contribution is 0.0766. The molecule has 1 aliphatic rings. The predicted octanol–water partition coefficient (Wildman–Crippen LogP) is 1.88. The van der Waals surface area contributed by atoms with E-state index < -0.39 is 0 Å². The zero-order chi connectivity index (χ0) is 17.1. The number of pyridine rings is 1. The number of nitrogens with zero attached hydrogens (tertiary/aromatic N) is 3. The Kier molecular flexibility index (Phi) is 4.64. The van der Waals surface area contributed by atoms with Gasteiger partial charge in [-0.1, -0.05) is 0 Å². The molecule has 1 aromatic carbocycles. The number of halogens is 1. The van der Waals surface area contributed by atoms with Gasteiger partial charge in [0.2, 0.25) is 0 Å². The van der Waals surface area contributed by atoms with Crippen LogP contribution < -0.4 is 10.5 Å². The van der Waals surface area contributed by atoms with Gasteiger partial charge in [-0.05, 0) is 36.8 Å². The maximum atomic E-state index is 13.1. The van der Waals surface area contributed by atoms with Crippen LogP contribution in [0.15, 0.2) is 47.4 Å². The molecule has 126 valence electrons. The maximum Gasteiger partial charge on any atom is 0.254 e. The van der Waals surface area contributed by atoms with Gasteiger partial charge in [-0.3, -0.25) is 9.59 Å². The lowest BCUT2D eigenvalue weighted by Crippen LogP contribution is -2.35. The Balaban J connectivity index is 1.70. The molecule has 0 unspecified atom stereocenters. The van der Waals surface area contributed by atoms with Crippen molar-refractivity contribution in [2.75, 3.05) is 31.1 Å². The number of carbonyl (C=O) groups excluding carboxylic acids is 1. The maximum absolute atomic E-state index is 13.1. The lowest BCUT2D eigenvalue weighted by Gasteiger charge is -2.23. The minimum absolute atomic E-state index is 0.117. The van der Waals surface area contributed by atoms with E-state index in [4.69, 9.17) is 0 Å². The first-order chi connectivity index (χ1) is 11.5. The zero-order valence-corrected chi connectivity index (χ0v) is 13.6. The highest BCUT2D eigenvalue weighted by molar-refractivity contribution is 5.94. The summed E-state index contributed by atoms with van der Waals surface area (Å²) >= 11 is 0. The molecule has 6 heteroatoms. The molecule has 2 aromatic rings. The standard InChI is InChI=1S/C18H20FN3O2/c1-20-10-7-14(13-17(20)23)18(24)22-9-2-8-21(11-12-22)16-5-3-15(19)4-6-16/h3-7,10,13H,2,8-9,11-12H2,1H3. The summed E-state index contributed by atoms with van der Waals surface area (Å²) in [5.74, 6) is -0.371. The molecule has 2 heterocycles. The Bertz CT molecular complexity index is 786.